The van der Waals surface area contributed by atoms with Gasteiger partial charge in [-0.05, 0) is 68.6 Å². The molecule has 1 aromatic rings. The van der Waals surface area contributed by atoms with Crippen LogP contribution < -0.4 is 21.7 Å². The minimum atomic E-state index is -1.01. The number of phenols is 1. The van der Waals surface area contributed by atoms with Crippen molar-refractivity contribution < 1.29 is 67.8 Å². The van der Waals surface area contributed by atoms with E-state index in [-0.39, 0.29) is 120 Å². The monoisotopic (exact) mass is 1020 g/mol. The van der Waals surface area contributed by atoms with Gasteiger partial charge in [-0.3, -0.25) is 28.8 Å². The van der Waals surface area contributed by atoms with Crippen LogP contribution >= 0.6 is 0 Å². The second-order valence-electron chi connectivity index (χ2n) is 18.7. The summed E-state index contributed by atoms with van der Waals surface area (Å²) in [6, 6.07) is 4.83. The Morgan fingerprint density at radius 2 is 1.14 bits per heavy atom. The summed E-state index contributed by atoms with van der Waals surface area (Å²) in [5.74, 6) is -3.87. The molecule has 18 nitrogen and oxygen atoms in total. The van der Waals surface area contributed by atoms with Gasteiger partial charge in [-0.2, -0.15) is 0 Å². The number of benzene rings is 1. The molecule has 0 saturated heterocycles. The molecular formula is C54H90N4O14. The van der Waals surface area contributed by atoms with E-state index in [1.807, 2.05) is 13.8 Å². The van der Waals surface area contributed by atoms with Gasteiger partial charge in [0.05, 0.1) is 39.1 Å². The number of phenolic OH excluding ortho intramolecular Hbond substituents is 1. The van der Waals surface area contributed by atoms with Crippen molar-refractivity contribution in [1.29, 1.82) is 0 Å². The van der Waals surface area contributed by atoms with Gasteiger partial charge >= 0.3 is 11.9 Å². The number of hydrogen-bond donors (Lipinski definition) is 7. The largest absolute Gasteiger partial charge is 0.508 e. The average molecular weight is 1020 g/mol. The normalized spacial score (nSPS) is 12.9. The van der Waals surface area contributed by atoms with E-state index in [1.165, 1.54) is 63.5 Å². The lowest BCUT2D eigenvalue weighted by molar-refractivity contribution is -0.140. The first-order valence-electron chi connectivity index (χ1n) is 26.5. The zero-order valence-corrected chi connectivity index (χ0v) is 43.6. The molecule has 0 heterocycles. The highest BCUT2D eigenvalue weighted by molar-refractivity contribution is 5.90. The first kappa shape index (κ1) is 65.1. The summed E-state index contributed by atoms with van der Waals surface area (Å²) < 4.78 is 21.7. The smallest absolute Gasteiger partial charge is 0.326 e. The number of Topliss-reactive ketones (excluding diaryl/α,β-unsaturated/α-hetero) is 2. The highest BCUT2D eigenvalue weighted by Crippen LogP contribution is 2.20. The number of carboxylic acid groups (broad SMARTS) is 2. The molecule has 0 fully saturated rings. The Bertz CT molecular complexity index is 1690. The van der Waals surface area contributed by atoms with E-state index in [4.69, 9.17) is 29.8 Å². The van der Waals surface area contributed by atoms with Crippen LogP contribution in [0.25, 0.3) is 0 Å². The molecule has 8 N–H and O–H groups in total. The Morgan fingerprint density at radius 3 is 1.68 bits per heavy atom. The molecule has 1 rings (SSSR count). The van der Waals surface area contributed by atoms with Gasteiger partial charge in [0.1, 0.15) is 30.8 Å². The van der Waals surface area contributed by atoms with E-state index in [0.29, 0.717) is 38.0 Å². The number of unbranched alkanes of at least 4 members (excludes halogenated alkanes) is 13. The quantitative estimate of drug-likeness (QED) is 0.0320. The fraction of sp³-hybridized carbons (Fsp3) is 0.722. The lowest BCUT2D eigenvalue weighted by Crippen LogP contribution is -2.46. The van der Waals surface area contributed by atoms with Gasteiger partial charge in [0.25, 0.3) is 0 Å². The van der Waals surface area contributed by atoms with E-state index < -0.39 is 41.8 Å². The second kappa shape index (κ2) is 42.6. The third kappa shape index (κ3) is 36.1. The number of allylic oxidation sites excluding steroid dienone is 1. The van der Waals surface area contributed by atoms with Crippen LogP contribution in [0.1, 0.15) is 167 Å². The number of primary amides is 1. The predicted molar refractivity (Wildman–Crippen MR) is 275 cm³/mol. The lowest BCUT2D eigenvalue weighted by atomic mass is 9.88. The summed E-state index contributed by atoms with van der Waals surface area (Å²) in [6.45, 7) is 8.85. The van der Waals surface area contributed by atoms with Crippen molar-refractivity contribution in [2.45, 2.75) is 180 Å². The predicted octanol–water partition coefficient (Wildman–Crippen LogP) is 7.11. The zero-order valence-electron chi connectivity index (χ0n) is 43.6. The second-order valence-corrected chi connectivity index (χ2v) is 18.7. The topological polar surface area (TPSA) is 279 Å². The number of ketones is 2. The molecule has 0 saturated carbocycles. The van der Waals surface area contributed by atoms with E-state index in [9.17, 15) is 43.8 Å². The Balaban J connectivity index is 2.04. The Hall–Kier alpha value is -4.91. The van der Waals surface area contributed by atoms with Gasteiger partial charge in [0.2, 0.25) is 17.7 Å². The van der Waals surface area contributed by atoms with Gasteiger partial charge < -0.3 is 56.0 Å². The fourth-order valence-corrected chi connectivity index (χ4v) is 7.92. The zero-order chi connectivity index (χ0) is 53.2. The number of amides is 3. The third-order valence-corrected chi connectivity index (χ3v) is 12.5. The molecule has 1 aromatic carbocycles. The fourth-order valence-electron chi connectivity index (χ4n) is 7.92. The number of hydrogen-bond acceptors (Lipinski definition) is 13. The van der Waals surface area contributed by atoms with Crippen LogP contribution in [0, 0.1) is 11.8 Å². The van der Waals surface area contributed by atoms with Crippen molar-refractivity contribution in [2.75, 3.05) is 59.4 Å². The molecule has 0 aliphatic carbocycles. The summed E-state index contributed by atoms with van der Waals surface area (Å²) in [5, 5.41) is 36.3. The molecule has 3 amide bonds. The summed E-state index contributed by atoms with van der Waals surface area (Å²) in [5.41, 5.74) is 7.10. The van der Waals surface area contributed by atoms with Crippen LogP contribution in [-0.4, -0.2) is 128 Å². The number of ether oxygens (including phenoxy) is 4. The summed E-state index contributed by atoms with van der Waals surface area (Å²) >= 11 is 0. The van der Waals surface area contributed by atoms with Crippen LogP contribution in [0.3, 0.4) is 0 Å². The van der Waals surface area contributed by atoms with Crippen LogP contribution in [-0.2, 0) is 58.9 Å². The maximum Gasteiger partial charge on any atom is 0.326 e. The molecule has 0 radical (unpaired) electrons. The molecular weight excluding hydrogens is 929 g/mol. The van der Waals surface area contributed by atoms with E-state index in [0.717, 1.165) is 44.1 Å². The van der Waals surface area contributed by atoms with Gasteiger partial charge in [-0.15, -0.1) is 0 Å². The van der Waals surface area contributed by atoms with Crippen molar-refractivity contribution in [2.24, 2.45) is 17.6 Å². The standard InChI is InChI=1S/C54H90N4O14/c1-4-41(2)52(48(61)30-25-44(53(55)66)38-43-23-26-46(60)27-24-43)58-50(63)40-72-37-35-70-33-31-56-49(62)39-71-36-34-69-32-19-21-45(59)28-29-47(54(67)68)57-42(3)20-17-15-13-11-9-7-5-6-8-10-12-14-16-18-22-51(64)65/h23-24,26-27,41,44,47,52,57,60H,3-22,25,28-40H2,1-2H3,(H2,55,66)(H,56,62)(H,58,63)(H,64,65)(H,67,68)/t41-,44-,47-,52-/m0/s1. The maximum absolute atomic E-state index is 13.2. The number of aliphatic carboxylic acids is 2. The number of carbonyl (C=O) groups excluding carboxylic acids is 5. The summed E-state index contributed by atoms with van der Waals surface area (Å²) in [4.78, 5) is 84.8. The molecule has 0 aliphatic rings. The average Bonchev–Trinajstić information content (AvgIpc) is 3.34. The van der Waals surface area contributed by atoms with Crippen molar-refractivity contribution in [3.8, 4) is 5.75 Å². The number of carboxylic acids is 2. The minimum absolute atomic E-state index is 0.0374. The van der Waals surface area contributed by atoms with Gasteiger partial charge in [-0.25, -0.2) is 4.79 Å². The molecule has 0 aromatic heterocycles. The van der Waals surface area contributed by atoms with Crippen molar-refractivity contribution in [3.05, 3.63) is 42.1 Å². The molecule has 410 valence electrons. The maximum atomic E-state index is 13.2. The number of carbonyl (C=O) groups is 7. The minimum Gasteiger partial charge on any atom is -0.508 e. The Morgan fingerprint density at radius 1 is 0.611 bits per heavy atom. The van der Waals surface area contributed by atoms with Gasteiger partial charge in [0.15, 0.2) is 5.78 Å². The highest BCUT2D eigenvalue weighted by Gasteiger charge is 2.27. The first-order valence-corrected chi connectivity index (χ1v) is 26.5. The number of nitrogens with one attached hydrogen (secondary N) is 3. The molecule has 0 spiro atoms. The third-order valence-electron chi connectivity index (χ3n) is 12.5. The van der Waals surface area contributed by atoms with Crippen molar-refractivity contribution >= 4 is 41.2 Å². The Labute approximate surface area is 428 Å². The SMILES string of the molecule is C=C(CCCCCCCCCCCCCCCCC(=O)O)N[C@@H](CCC(=O)CCCOCCOCC(=O)NCCOCCOCC(=O)N[C@H](C(=O)CC[C@@H](Cc1ccc(O)cc1)C(N)=O)[C@@H](C)CC)C(=O)O. The Kier molecular flexibility index (Phi) is 38.5. The van der Waals surface area contributed by atoms with E-state index in [2.05, 4.69) is 22.5 Å². The summed E-state index contributed by atoms with van der Waals surface area (Å²) in [7, 11) is 0. The van der Waals surface area contributed by atoms with Gasteiger partial charge in [0, 0.05) is 50.4 Å². The van der Waals surface area contributed by atoms with Crippen molar-refractivity contribution in [1.82, 2.24) is 16.0 Å². The van der Waals surface area contributed by atoms with E-state index in [1.54, 1.807) is 12.1 Å². The molecule has 18 heteroatoms. The van der Waals surface area contributed by atoms with Crippen LogP contribution in [0.5, 0.6) is 5.75 Å². The van der Waals surface area contributed by atoms with Gasteiger partial charge in [-0.1, -0.05) is 116 Å². The summed E-state index contributed by atoms with van der Waals surface area (Å²) in [6.07, 6.45) is 19.2. The molecule has 4 atom stereocenters. The molecule has 72 heavy (non-hydrogen) atoms. The highest BCUT2D eigenvalue weighted by atomic mass is 16.5. The first-order chi connectivity index (χ1) is 34.6. The van der Waals surface area contributed by atoms with E-state index >= 15 is 0 Å². The number of rotatable bonds is 50. The lowest BCUT2D eigenvalue weighted by Gasteiger charge is -2.24. The number of nitrogens with two attached hydrogens (primary N) is 1. The molecule has 0 aliphatic heterocycles. The number of aromatic hydroxyl groups is 1. The van der Waals surface area contributed by atoms with Crippen LogP contribution in [0.2, 0.25) is 0 Å². The van der Waals surface area contributed by atoms with Crippen LogP contribution in [0.15, 0.2) is 36.5 Å². The van der Waals surface area contributed by atoms with Crippen molar-refractivity contribution in [3.63, 3.8) is 0 Å². The molecule has 0 unspecified atom stereocenters. The molecule has 0 bridgehead atoms. The van der Waals surface area contributed by atoms with Crippen LogP contribution in [0.4, 0.5) is 0 Å².